The maximum Gasteiger partial charge on any atom is 0.505 e. The number of unbranched alkanes of at least 4 members (excludes halogenated alkanes) is 1. The van der Waals surface area contributed by atoms with Crippen molar-refractivity contribution < 1.29 is 14.6 Å². The van der Waals surface area contributed by atoms with Crippen LogP contribution in [0.1, 0.15) is 26.7 Å². The van der Waals surface area contributed by atoms with E-state index in [2.05, 4.69) is 11.3 Å². The van der Waals surface area contributed by atoms with Crippen LogP contribution in [0.4, 0.5) is 4.79 Å². The van der Waals surface area contributed by atoms with Gasteiger partial charge in [0.15, 0.2) is 0 Å². The van der Waals surface area contributed by atoms with Crippen molar-refractivity contribution in [2.24, 2.45) is 0 Å². The first-order valence-corrected chi connectivity index (χ1v) is 3.61. The van der Waals surface area contributed by atoms with Crippen LogP contribution in [-0.2, 0) is 4.74 Å². The number of hydrogen-bond donors (Lipinski definition) is 1. The number of carboxylic acid groups (broad SMARTS) is 1. The molecule has 3 nitrogen and oxygen atoms in total. The van der Waals surface area contributed by atoms with Crippen molar-refractivity contribution in [3.05, 3.63) is 12.7 Å². The second-order valence-corrected chi connectivity index (χ2v) is 1.88. The summed E-state index contributed by atoms with van der Waals surface area (Å²) in [6.45, 7) is 7.55. The van der Waals surface area contributed by atoms with Gasteiger partial charge in [0.2, 0.25) is 0 Å². The molecule has 0 bridgehead atoms. The van der Waals surface area contributed by atoms with Crippen molar-refractivity contribution in [2.45, 2.75) is 26.7 Å². The molecule has 0 fully saturated rings. The summed E-state index contributed by atoms with van der Waals surface area (Å²) in [6.07, 6.45) is 2.35. The Hall–Kier alpha value is -0.990. The molecule has 0 aromatic rings. The lowest BCUT2D eigenvalue weighted by Crippen LogP contribution is -2.00. The molecule has 0 radical (unpaired) electrons. The van der Waals surface area contributed by atoms with E-state index in [1.807, 2.05) is 13.8 Å². The molecule has 1 N–H and O–H groups in total. The fraction of sp³-hybridized carbons (Fsp3) is 0.625. The van der Waals surface area contributed by atoms with E-state index in [0.29, 0.717) is 6.61 Å². The van der Waals surface area contributed by atoms with E-state index in [1.54, 1.807) is 6.08 Å². The van der Waals surface area contributed by atoms with Gasteiger partial charge >= 0.3 is 6.16 Å². The monoisotopic (exact) mass is 160 g/mol. The molecule has 0 aliphatic heterocycles. The molecule has 0 aromatic carbocycles. The topological polar surface area (TPSA) is 46.5 Å². The highest BCUT2D eigenvalue weighted by Gasteiger charge is 1.91. The number of carbonyl (C=O) groups is 1. The van der Waals surface area contributed by atoms with Gasteiger partial charge < -0.3 is 9.84 Å². The molecule has 0 atom stereocenters. The Bertz CT molecular complexity index is 99.5. The molecule has 0 amide bonds. The van der Waals surface area contributed by atoms with E-state index < -0.39 is 6.16 Å². The molecule has 0 saturated carbocycles. The summed E-state index contributed by atoms with van der Waals surface area (Å²) >= 11 is 0. The van der Waals surface area contributed by atoms with Gasteiger partial charge in [-0.05, 0) is 13.3 Å². The van der Waals surface area contributed by atoms with Gasteiger partial charge in [-0.1, -0.05) is 19.4 Å². The van der Waals surface area contributed by atoms with Crippen LogP contribution in [0.3, 0.4) is 0 Å². The van der Waals surface area contributed by atoms with Crippen molar-refractivity contribution in [1.82, 2.24) is 0 Å². The maximum atomic E-state index is 9.65. The Morgan fingerprint density at radius 2 is 2.18 bits per heavy atom. The minimum Gasteiger partial charge on any atom is -0.450 e. The Balaban J connectivity index is 0. The Kier molecular flexibility index (Phi) is 13.5. The third kappa shape index (κ3) is 27.5. The molecule has 0 unspecified atom stereocenters. The lowest BCUT2D eigenvalue weighted by atomic mass is 10.4. The minimum absolute atomic E-state index is 0.325. The summed E-state index contributed by atoms with van der Waals surface area (Å²) in [5, 5.41) is 7.92. The van der Waals surface area contributed by atoms with Crippen LogP contribution in [0.25, 0.3) is 0 Å². The predicted octanol–water partition coefficient (Wildman–Crippen LogP) is 2.67. The lowest BCUT2D eigenvalue weighted by molar-refractivity contribution is 0.0905. The molecule has 0 aliphatic carbocycles. The van der Waals surface area contributed by atoms with Crippen molar-refractivity contribution in [2.75, 3.05) is 6.61 Å². The SMILES string of the molecule is C=CC.CCCCOC(=O)O. The summed E-state index contributed by atoms with van der Waals surface area (Å²) in [5.41, 5.74) is 0. The van der Waals surface area contributed by atoms with E-state index >= 15 is 0 Å². The van der Waals surface area contributed by atoms with Gasteiger partial charge in [-0.25, -0.2) is 4.79 Å². The van der Waals surface area contributed by atoms with Crippen LogP contribution in [-0.4, -0.2) is 17.9 Å². The largest absolute Gasteiger partial charge is 0.505 e. The van der Waals surface area contributed by atoms with Crippen LogP contribution in [0.15, 0.2) is 12.7 Å². The number of ether oxygens (including phenoxy) is 1. The molecule has 0 rings (SSSR count). The highest BCUT2D eigenvalue weighted by Crippen LogP contribution is 1.86. The first-order valence-electron chi connectivity index (χ1n) is 3.61. The molecular formula is C8H16O3. The van der Waals surface area contributed by atoms with Crippen molar-refractivity contribution in [3.8, 4) is 0 Å². The van der Waals surface area contributed by atoms with Gasteiger partial charge in [0.1, 0.15) is 0 Å². The number of rotatable bonds is 3. The van der Waals surface area contributed by atoms with Gasteiger partial charge in [-0.15, -0.1) is 6.58 Å². The molecule has 0 spiro atoms. The van der Waals surface area contributed by atoms with Gasteiger partial charge in [-0.3, -0.25) is 0 Å². The number of allylic oxidation sites excluding steroid dienone is 1. The van der Waals surface area contributed by atoms with Gasteiger partial charge in [0, 0.05) is 0 Å². The highest BCUT2D eigenvalue weighted by molar-refractivity contribution is 5.56. The zero-order chi connectivity index (χ0) is 9.11. The van der Waals surface area contributed by atoms with Crippen LogP contribution < -0.4 is 0 Å². The zero-order valence-corrected chi connectivity index (χ0v) is 7.17. The summed E-state index contributed by atoms with van der Waals surface area (Å²) in [5.74, 6) is 0. The summed E-state index contributed by atoms with van der Waals surface area (Å²) in [7, 11) is 0. The average molecular weight is 160 g/mol. The molecule has 3 heteroatoms. The first kappa shape index (κ1) is 12.7. The average Bonchev–Trinajstić information content (AvgIpc) is 1.89. The van der Waals surface area contributed by atoms with E-state index in [4.69, 9.17) is 5.11 Å². The quantitative estimate of drug-likeness (QED) is 0.392. The van der Waals surface area contributed by atoms with Gasteiger partial charge in [0.05, 0.1) is 6.61 Å². The van der Waals surface area contributed by atoms with E-state index in [-0.39, 0.29) is 0 Å². The Morgan fingerprint density at radius 1 is 1.73 bits per heavy atom. The highest BCUT2D eigenvalue weighted by atomic mass is 16.7. The molecule has 0 heterocycles. The van der Waals surface area contributed by atoms with E-state index in [1.165, 1.54) is 0 Å². The molecular weight excluding hydrogens is 144 g/mol. The number of hydrogen-bond acceptors (Lipinski definition) is 2. The Labute approximate surface area is 67.7 Å². The maximum absolute atomic E-state index is 9.65. The fourth-order valence-electron chi connectivity index (χ4n) is 0.304. The second-order valence-electron chi connectivity index (χ2n) is 1.88. The van der Waals surface area contributed by atoms with Crippen molar-refractivity contribution in [1.29, 1.82) is 0 Å². The zero-order valence-electron chi connectivity index (χ0n) is 7.17. The van der Waals surface area contributed by atoms with Crippen LogP contribution >= 0.6 is 0 Å². The summed E-state index contributed by atoms with van der Waals surface area (Å²) in [4.78, 5) is 9.65. The lowest BCUT2D eigenvalue weighted by Gasteiger charge is -1.94. The minimum atomic E-state index is -1.18. The van der Waals surface area contributed by atoms with Crippen LogP contribution in [0.2, 0.25) is 0 Å². The molecule has 0 aromatic heterocycles. The van der Waals surface area contributed by atoms with Crippen LogP contribution in [0.5, 0.6) is 0 Å². The molecule has 11 heavy (non-hydrogen) atoms. The third-order valence-corrected chi connectivity index (χ3v) is 0.723. The standard InChI is InChI=1S/C5H10O3.C3H6/c1-2-3-4-8-5(6)7;1-3-2/h2-4H2,1H3,(H,6,7);3H,1H2,2H3. The fourth-order valence-corrected chi connectivity index (χ4v) is 0.304. The summed E-state index contributed by atoms with van der Waals surface area (Å²) < 4.78 is 4.20. The smallest absolute Gasteiger partial charge is 0.450 e. The van der Waals surface area contributed by atoms with Gasteiger partial charge in [-0.2, -0.15) is 0 Å². The van der Waals surface area contributed by atoms with Crippen molar-refractivity contribution in [3.63, 3.8) is 0 Å². The van der Waals surface area contributed by atoms with Crippen LogP contribution in [0, 0.1) is 0 Å². The van der Waals surface area contributed by atoms with E-state index in [9.17, 15) is 4.79 Å². The third-order valence-electron chi connectivity index (χ3n) is 0.723. The summed E-state index contributed by atoms with van der Waals surface area (Å²) in [6, 6.07) is 0. The normalized spacial score (nSPS) is 7.45. The second kappa shape index (κ2) is 11.8. The van der Waals surface area contributed by atoms with Crippen molar-refractivity contribution >= 4 is 6.16 Å². The molecule has 0 aliphatic rings. The molecule has 66 valence electrons. The first-order chi connectivity index (χ1) is 5.18. The van der Waals surface area contributed by atoms with E-state index in [0.717, 1.165) is 12.8 Å². The Morgan fingerprint density at radius 3 is 2.45 bits per heavy atom. The van der Waals surface area contributed by atoms with Gasteiger partial charge in [0.25, 0.3) is 0 Å². The predicted molar refractivity (Wildman–Crippen MR) is 44.8 cm³/mol. The molecule has 0 saturated heterocycles.